The van der Waals surface area contributed by atoms with Gasteiger partial charge in [0.25, 0.3) is 5.91 Å². The van der Waals surface area contributed by atoms with Gasteiger partial charge in [0.15, 0.2) is 21.3 Å². The molecule has 2 rings (SSSR count). The van der Waals surface area contributed by atoms with Crippen LogP contribution in [0.3, 0.4) is 0 Å². The summed E-state index contributed by atoms with van der Waals surface area (Å²) >= 11 is 0. The Morgan fingerprint density at radius 2 is 2.05 bits per heavy atom. The third-order valence-electron chi connectivity index (χ3n) is 3.36. The zero-order valence-electron chi connectivity index (χ0n) is 13.0. The Hall–Kier alpha value is -1.76. The van der Waals surface area contributed by atoms with E-state index < -0.39 is 9.84 Å². The molecule has 1 heterocycles. The van der Waals surface area contributed by atoms with E-state index in [1.165, 1.54) is 7.11 Å². The molecule has 0 unspecified atom stereocenters. The van der Waals surface area contributed by atoms with Gasteiger partial charge in [0.05, 0.1) is 24.7 Å². The highest BCUT2D eigenvalue weighted by Gasteiger charge is 2.29. The van der Waals surface area contributed by atoms with Crippen molar-refractivity contribution >= 4 is 15.7 Å². The van der Waals surface area contributed by atoms with Gasteiger partial charge in [-0.3, -0.25) is 4.79 Å². The first-order chi connectivity index (χ1) is 10.3. The number of hydrogen-bond donors (Lipinski definition) is 1. The number of carbonyl (C=O) groups excluding carboxylic acids is 1. The molecule has 122 valence electrons. The Morgan fingerprint density at radius 1 is 1.32 bits per heavy atom. The number of sulfone groups is 1. The first-order valence-corrected chi connectivity index (χ1v) is 8.99. The molecule has 0 radical (unpaired) electrons. The molecule has 1 fully saturated rings. The molecule has 1 amide bonds. The second kappa shape index (κ2) is 6.56. The Morgan fingerprint density at radius 3 is 2.59 bits per heavy atom. The molecule has 6 nitrogen and oxygen atoms in total. The number of benzene rings is 1. The number of methoxy groups -OCH3 is 1. The van der Waals surface area contributed by atoms with Crippen LogP contribution in [0.4, 0.5) is 0 Å². The van der Waals surface area contributed by atoms with Gasteiger partial charge in [-0.15, -0.1) is 0 Å². The first-order valence-electron chi connectivity index (χ1n) is 7.16. The van der Waals surface area contributed by atoms with Crippen molar-refractivity contribution in [3.8, 4) is 11.5 Å². The van der Waals surface area contributed by atoms with Crippen LogP contribution in [0, 0.1) is 0 Å². The van der Waals surface area contributed by atoms with E-state index in [9.17, 15) is 13.2 Å². The minimum Gasteiger partial charge on any atom is -0.493 e. The van der Waals surface area contributed by atoms with Crippen LogP contribution in [0.1, 0.15) is 30.6 Å². The van der Waals surface area contributed by atoms with E-state index in [0.29, 0.717) is 23.5 Å². The van der Waals surface area contributed by atoms with Crippen LogP contribution in [0.25, 0.3) is 0 Å². The molecule has 0 bridgehead atoms. The van der Waals surface area contributed by atoms with Crippen LogP contribution >= 0.6 is 0 Å². The number of hydrogen-bond acceptors (Lipinski definition) is 5. The standard InChI is InChI=1S/C15H21NO5S/c1-10(2)21-13-5-4-11(8-14(13)20-3)15(17)16-12-6-7-22(18,19)9-12/h4-5,8,10,12H,6-7,9H2,1-3H3,(H,16,17)/t12-/m0/s1. The first kappa shape index (κ1) is 16.6. The van der Waals surface area contributed by atoms with Crippen molar-refractivity contribution in [3.05, 3.63) is 23.8 Å². The molecule has 1 saturated heterocycles. The zero-order valence-corrected chi connectivity index (χ0v) is 13.8. The predicted octanol–water partition coefficient (Wildman–Crippen LogP) is 1.40. The summed E-state index contributed by atoms with van der Waals surface area (Å²) in [5.74, 6) is 0.863. The fraction of sp³-hybridized carbons (Fsp3) is 0.533. The van der Waals surface area contributed by atoms with Crippen molar-refractivity contribution in [3.63, 3.8) is 0 Å². The molecule has 1 N–H and O–H groups in total. The minimum absolute atomic E-state index is 0.00253. The Balaban J connectivity index is 2.10. The maximum absolute atomic E-state index is 12.2. The molecule has 7 heteroatoms. The summed E-state index contributed by atoms with van der Waals surface area (Å²) in [5, 5.41) is 2.75. The van der Waals surface area contributed by atoms with E-state index in [0.717, 1.165) is 0 Å². The van der Waals surface area contributed by atoms with Crippen molar-refractivity contribution in [2.45, 2.75) is 32.4 Å². The molecule has 1 aliphatic rings. The Bertz CT molecular complexity index is 654. The average Bonchev–Trinajstić information content (AvgIpc) is 2.77. The van der Waals surface area contributed by atoms with E-state index in [4.69, 9.17) is 9.47 Å². The lowest BCUT2D eigenvalue weighted by Gasteiger charge is -2.15. The highest BCUT2D eigenvalue weighted by molar-refractivity contribution is 7.91. The minimum atomic E-state index is -3.02. The SMILES string of the molecule is COc1cc(C(=O)N[C@H]2CCS(=O)(=O)C2)ccc1OC(C)C. The lowest BCUT2D eigenvalue weighted by Crippen LogP contribution is -2.35. The largest absolute Gasteiger partial charge is 0.493 e. The summed E-state index contributed by atoms with van der Waals surface area (Å²) in [6.07, 6.45) is 0.456. The van der Waals surface area contributed by atoms with Gasteiger partial charge >= 0.3 is 0 Å². The molecule has 0 saturated carbocycles. The van der Waals surface area contributed by atoms with Gasteiger partial charge in [-0.1, -0.05) is 0 Å². The predicted molar refractivity (Wildman–Crippen MR) is 83.3 cm³/mol. The van der Waals surface area contributed by atoms with E-state index >= 15 is 0 Å². The monoisotopic (exact) mass is 327 g/mol. The fourth-order valence-electron chi connectivity index (χ4n) is 2.34. The van der Waals surface area contributed by atoms with Crippen LogP contribution in [-0.4, -0.2) is 45.1 Å². The van der Waals surface area contributed by atoms with Crippen LogP contribution < -0.4 is 14.8 Å². The van der Waals surface area contributed by atoms with Gasteiger partial charge in [-0.25, -0.2) is 8.42 Å². The second-order valence-electron chi connectivity index (χ2n) is 5.61. The normalized spacial score (nSPS) is 19.9. The van der Waals surface area contributed by atoms with Crippen LogP contribution in [-0.2, 0) is 9.84 Å². The highest BCUT2D eigenvalue weighted by Crippen LogP contribution is 2.29. The molecule has 1 aromatic rings. The number of rotatable bonds is 5. The lowest BCUT2D eigenvalue weighted by molar-refractivity contribution is 0.0940. The van der Waals surface area contributed by atoms with E-state index in [1.807, 2.05) is 13.8 Å². The molecule has 0 aromatic heterocycles. The van der Waals surface area contributed by atoms with Crippen molar-refractivity contribution in [2.24, 2.45) is 0 Å². The quantitative estimate of drug-likeness (QED) is 0.884. The third-order valence-corrected chi connectivity index (χ3v) is 5.12. The summed E-state index contributed by atoms with van der Waals surface area (Å²) in [4.78, 5) is 12.2. The Kier molecular flexibility index (Phi) is 4.95. The van der Waals surface area contributed by atoms with Crippen LogP contribution in [0.15, 0.2) is 18.2 Å². The summed E-state index contributed by atoms with van der Waals surface area (Å²) in [5.41, 5.74) is 0.414. The van der Waals surface area contributed by atoms with Crippen molar-refractivity contribution < 1.29 is 22.7 Å². The van der Waals surface area contributed by atoms with Crippen molar-refractivity contribution in [2.75, 3.05) is 18.6 Å². The zero-order chi connectivity index (χ0) is 16.3. The number of nitrogens with one attached hydrogen (secondary N) is 1. The molecule has 1 atom stereocenters. The van der Waals surface area contributed by atoms with E-state index in [-0.39, 0.29) is 29.6 Å². The summed E-state index contributed by atoms with van der Waals surface area (Å²) in [7, 11) is -1.51. The molecule has 1 aliphatic heterocycles. The van der Waals surface area contributed by atoms with Crippen LogP contribution in [0.5, 0.6) is 11.5 Å². The van der Waals surface area contributed by atoms with E-state index in [2.05, 4.69) is 5.32 Å². The van der Waals surface area contributed by atoms with Gasteiger partial charge in [-0.05, 0) is 38.5 Å². The van der Waals surface area contributed by atoms with Crippen LogP contribution in [0.2, 0.25) is 0 Å². The number of carbonyl (C=O) groups is 1. The van der Waals surface area contributed by atoms with Crippen molar-refractivity contribution in [1.29, 1.82) is 0 Å². The van der Waals surface area contributed by atoms with Gasteiger partial charge in [0.1, 0.15) is 0 Å². The average molecular weight is 327 g/mol. The molecular formula is C15H21NO5S. The summed E-state index contributed by atoms with van der Waals surface area (Å²) in [6.45, 7) is 3.81. The third kappa shape index (κ3) is 4.13. The molecule has 22 heavy (non-hydrogen) atoms. The number of ether oxygens (including phenoxy) is 2. The highest BCUT2D eigenvalue weighted by atomic mass is 32.2. The van der Waals surface area contributed by atoms with Gasteiger partial charge < -0.3 is 14.8 Å². The van der Waals surface area contributed by atoms with E-state index in [1.54, 1.807) is 18.2 Å². The maximum atomic E-state index is 12.2. The second-order valence-corrected chi connectivity index (χ2v) is 7.83. The lowest BCUT2D eigenvalue weighted by atomic mass is 10.1. The number of amides is 1. The summed E-state index contributed by atoms with van der Waals surface area (Å²) < 4.78 is 33.7. The maximum Gasteiger partial charge on any atom is 0.251 e. The van der Waals surface area contributed by atoms with Gasteiger partial charge in [0, 0.05) is 11.6 Å². The van der Waals surface area contributed by atoms with Gasteiger partial charge in [-0.2, -0.15) is 0 Å². The van der Waals surface area contributed by atoms with Gasteiger partial charge in [0.2, 0.25) is 0 Å². The fourth-order valence-corrected chi connectivity index (χ4v) is 4.01. The Labute approximate surface area is 130 Å². The molecule has 1 aromatic carbocycles. The summed E-state index contributed by atoms with van der Waals surface area (Å²) in [6, 6.07) is 4.59. The smallest absolute Gasteiger partial charge is 0.251 e. The van der Waals surface area contributed by atoms with Crippen molar-refractivity contribution in [1.82, 2.24) is 5.32 Å². The topological polar surface area (TPSA) is 81.7 Å². The molecule has 0 aliphatic carbocycles. The molecular weight excluding hydrogens is 306 g/mol. The molecule has 0 spiro atoms.